The van der Waals surface area contributed by atoms with Crippen LogP contribution in [0.4, 0.5) is 0 Å². The van der Waals surface area contributed by atoms with E-state index in [1.807, 2.05) is 6.07 Å². The third-order valence-corrected chi connectivity index (χ3v) is 12.5. The van der Waals surface area contributed by atoms with Crippen molar-refractivity contribution in [1.82, 2.24) is 19.1 Å². The Morgan fingerprint density at radius 1 is 0.390 bits per heavy atom. The molecule has 11 aromatic rings. The molecule has 0 saturated heterocycles. The van der Waals surface area contributed by atoms with Gasteiger partial charge in [-0.15, -0.1) is 0 Å². The second kappa shape index (κ2) is 12.7. The summed E-state index contributed by atoms with van der Waals surface area (Å²) in [5.74, 6) is 1.54. The zero-order valence-corrected chi connectivity index (χ0v) is 32.8. The van der Waals surface area contributed by atoms with E-state index < -0.39 is 0 Å². The monoisotopic (exact) mass is 754 g/mol. The van der Waals surface area contributed by atoms with Gasteiger partial charge in [0, 0.05) is 49.8 Å². The summed E-state index contributed by atoms with van der Waals surface area (Å²) >= 11 is 0. The van der Waals surface area contributed by atoms with Crippen molar-refractivity contribution in [1.29, 1.82) is 0 Å². The van der Waals surface area contributed by atoms with Crippen LogP contribution in [0.15, 0.2) is 194 Å². The van der Waals surface area contributed by atoms with Crippen molar-refractivity contribution in [3.63, 3.8) is 0 Å². The number of nitrogens with zero attached hydrogens (tertiary/aromatic N) is 4. The van der Waals surface area contributed by atoms with Crippen molar-refractivity contribution in [2.75, 3.05) is 0 Å². The van der Waals surface area contributed by atoms with Crippen LogP contribution in [0.25, 0.3) is 100 Å². The minimum absolute atomic E-state index is 0.161. The molecule has 0 bridgehead atoms. The van der Waals surface area contributed by atoms with Crippen LogP contribution in [0, 0.1) is 0 Å². The van der Waals surface area contributed by atoms with Gasteiger partial charge >= 0.3 is 0 Å². The molecule has 0 saturated carbocycles. The van der Waals surface area contributed by atoms with Crippen molar-refractivity contribution < 1.29 is 0 Å². The van der Waals surface area contributed by atoms with Gasteiger partial charge in [-0.25, -0.2) is 9.97 Å². The largest absolute Gasteiger partial charge is 0.309 e. The lowest BCUT2D eigenvalue weighted by Crippen LogP contribution is -2.15. The molecule has 3 aromatic heterocycles. The Balaban J connectivity index is 1.16. The van der Waals surface area contributed by atoms with Gasteiger partial charge in [0.05, 0.1) is 27.8 Å². The first kappa shape index (κ1) is 33.6. The topological polar surface area (TPSA) is 35.6 Å². The average molecular weight is 755 g/mol. The van der Waals surface area contributed by atoms with Crippen molar-refractivity contribution in [3.05, 3.63) is 205 Å². The zero-order chi connectivity index (χ0) is 39.2. The summed E-state index contributed by atoms with van der Waals surface area (Å²) in [4.78, 5) is 10.5. The maximum atomic E-state index is 5.38. The van der Waals surface area contributed by atoms with Gasteiger partial charge in [0.2, 0.25) is 0 Å². The second-order valence-corrected chi connectivity index (χ2v) is 16.2. The van der Waals surface area contributed by atoms with Crippen LogP contribution < -0.4 is 0 Å². The third kappa shape index (κ3) is 5.03. The first-order chi connectivity index (χ1) is 29.0. The highest BCUT2D eigenvalue weighted by Gasteiger charge is 2.36. The smallest absolute Gasteiger partial charge is 0.162 e. The predicted octanol–water partition coefficient (Wildman–Crippen LogP) is 14.0. The molecule has 0 fully saturated rings. The van der Waals surface area contributed by atoms with Crippen LogP contribution in [-0.4, -0.2) is 19.1 Å². The summed E-state index contributed by atoms with van der Waals surface area (Å²) in [7, 11) is 0. The number of para-hydroxylation sites is 2. The fourth-order valence-electron chi connectivity index (χ4n) is 9.77. The van der Waals surface area contributed by atoms with Gasteiger partial charge in [-0.2, -0.15) is 0 Å². The van der Waals surface area contributed by atoms with E-state index in [1.54, 1.807) is 0 Å². The molecule has 0 radical (unpaired) electrons. The molecule has 0 amide bonds. The van der Waals surface area contributed by atoms with Crippen LogP contribution in [0.2, 0.25) is 0 Å². The SMILES string of the molecule is CC1(C)c2ccccc2-c2cc3c4cc(-c5cccc6c5c5ccccc5n6-c5ccccc5)ccc4n(-c4cc(-c5ccccc5)nc(-c5ccccc5)n4)c3cc21. The zero-order valence-electron chi connectivity index (χ0n) is 32.8. The molecule has 12 rings (SSSR count). The van der Waals surface area contributed by atoms with Gasteiger partial charge in [0.25, 0.3) is 0 Å². The Hall–Kier alpha value is -7.56. The van der Waals surface area contributed by atoms with Gasteiger partial charge in [0.1, 0.15) is 5.82 Å². The fourth-order valence-corrected chi connectivity index (χ4v) is 9.77. The maximum Gasteiger partial charge on any atom is 0.162 e. The summed E-state index contributed by atoms with van der Waals surface area (Å²) < 4.78 is 4.76. The second-order valence-electron chi connectivity index (χ2n) is 16.2. The van der Waals surface area contributed by atoms with E-state index >= 15 is 0 Å². The molecule has 1 aliphatic rings. The van der Waals surface area contributed by atoms with Crippen LogP contribution >= 0.6 is 0 Å². The molecule has 8 aromatic carbocycles. The lowest BCUT2D eigenvalue weighted by Gasteiger charge is -2.21. The van der Waals surface area contributed by atoms with Gasteiger partial charge in [-0.3, -0.25) is 4.57 Å². The lowest BCUT2D eigenvalue weighted by molar-refractivity contribution is 0.661. The Morgan fingerprint density at radius 2 is 1.03 bits per heavy atom. The molecular formula is C55H38N4. The summed E-state index contributed by atoms with van der Waals surface area (Å²) in [6, 6.07) is 69.9. The lowest BCUT2D eigenvalue weighted by atomic mass is 9.82. The van der Waals surface area contributed by atoms with Crippen molar-refractivity contribution in [2.24, 2.45) is 0 Å². The predicted molar refractivity (Wildman–Crippen MR) is 245 cm³/mol. The van der Waals surface area contributed by atoms with Crippen molar-refractivity contribution in [3.8, 4) is 56.4 Å². The van der Waals surface area contributed by atoms with E-state index in [-0.39, 0.29) is 5.41 Å². The van der Waals surface area contributed by atoms with Crippen LogP contribution in [-0.2, 0) is 5.41 Å². The minimum atomic E-state index is -0.161. The Morgan fingerprint density at radius 3 is 1.85 bits per heavy atom. The number of rotatable bonds is 5. The number of hydrogen-bond acceptors (Lipinski definition) is 2. The summed E-state index contributed by atoms with van der Waals surface area (Å²) in [6.45, 7) is 4.71. The number of benzene rings is 8. The molecule has 278 valence electrons. The fraction of sp³-hybridized carbons (Fsp3) is 0.0545. The molecule has 0 unspecified atom stereocenters. The molecule has 0 aliphatic heterocycles. The van der Waals surface area contributed by atoms with Gasteiger partial charge in [-0.1, -0.05) is 153 Å². The van der Waals surface area contributed by atoms with Crippen LogP contribution in [0.1, 0.15) is 25.0 Å². The third-order valence-electron chi connectivity index (χ3n) is 12.5. The summed E-state index contributed by atoms with van der Waals surface area (Å²) in [5, 5.41) is 4.88. The summed E-state index contributed by atoms with van der Waals surface area (Å²) in [6.07, 6.45) is 0. The minimum Gasteiger partial charge on any atom is -0.309 e. The van der Waals surface area contributed by atoms with E-state index in [4.69, 9.17) is 9.97 Å². The quantitative estimate of drug-likeness (QED) is 0.175. The molecule has 0 N–H and O–H groups in total. The van der Waals surface area contributed by atoms with E-state index in [0.29, 0.717) is 5.82 Å². The number of aromatic nitrogens is 4. The molecule has 0 spiro atoms. The van der Waals surface area contributed by atoms with Gasteiger partial charge in [-0.05, 0) is 81.9 Å². The highest BCUT2D eigenvalue weighted by molar-refractivity contribution is 6.18. The molecule has 0 atom stereocenters. The first-order valence-corrected chi connectivity index (χ1v) is 20.3. The first-order valence-electron chi connectivity index (χ1n) is 20.3. The van der Waals surface area contributed by atoms with Crippen molar-refractivity contribution >= 4 is 43.6 Å². The van der Waals surface area contributed by atoms with E-state index in [1.165, 1.54) is 66.0 Å². The molecule has 4 heteroatoms. The standard InChI is InChI=1S/C55H38N4/c1-55(2)45-26-14-12-23-40(45)42-32-44-43-31-37(39-25-16-28-50-53(39)41-24-13-15-27-48(41)58(50)38-21-10-5-11-22-38)29-30-49(43)59(51(44)33-46(42)55)52-34-47(35-17-6-3-7-18-35)56-54(57-52)36-19-8-4-9-20-36/h3-34H,1-2H3. The Kier molecular flexibility index (Phi) is 7.24. The van der Waals surface area contributed by atoms with Crippen molar-refractivity contribution in [2.45, 2.75) is 19.3 Å². The molecule has 1 aliphatic carbocycles. The summed E-state index contributed by atoms with van der Waals surface area (Å²) in [5.41, 5.74) is 16.2. The molecule has 3 heterocycles. The highest BCUT2D eigenvalue weighted by atomic mass is 15.1. The maximum absolute atomic E-state index is 5.38. The van der Waals surface area contributed by atoms with Gasteiger partial charge in [0.15, 0.2) is 5.82 Å². The molecule has 4 nitrogen and oxygen atoms in total. The van der Waals surface area contributed by atoms with E-state index in [2.05, 4.69) is 211 Å². The average Bonchev–Trinajstić information content (AvgIpc) is 3.89. The number of hydrogen-bond donors (Lipinski definition) is 0. The van der Waals surface area contributed by atoms with E-state index in [9.17, 15) is 0 Å². The highest BCUT2D eigenvalue weighted by Crippen LogP contribution is 2.51. The molecule has 59 heavy (non-hydrogen) atoms. The van der Waals surface area contributed by atoms with Gasteiger partial charge < -0.3 is 4.57 Å². The van der Waals surface area contributed by atoms with E-state index in [0.717, 1.165) is 39.4 Å². The molecular weight excluding hydrogens is 717 g/mol. The van der Waals surface area contributed by atoms with Crippen LogP contribution in [0.5, 0.6) is 0 Å². The Bertz CT molecular complexity index is 3390. The number of fused-ring (bicyclic) bond motifs is 9. The Labute approximate surface area is 342 Å². The normalized spacial score (nSPS) is 13.1. The van der Waals surface area contributed by atoms with Crippen LogP contribution in [0.3, 0.4) is 0 Å².